The number of amides is 2. The Labute approximate surface area is 117 Å². The fourth-order valence-electron chi connectivity index (χ4n) is 1.42. The van der Waals surface area contributed by atoms with E-state index in [4.69, 9.17) is 5.73 Å². The maximum Gasteiger partial charge on any atom is 0.314 e. The monoisotopic (exact) mass is 298 g/mol. The van der Waals surface area contributed by atoms with Gasteiger partial charge >= 0.3 is 6.03 Å². The summed E-state index contributed by atoms with van der Waals surface area (Å²) >= 11 is 2.68. The summed E-state index contributed by atoms with van der Waals surface area (Å²) < 4.78 is 12.8. The van der Waals surface area contributed by atoms with Gasteiger partial charge in [-0.05, 0) is 35.7 Å². The Bertz CT molecular complexity index is 571. The molecule has 0 saturated carbocycles. The Balaban J connectivity index is 2.15. The molecular weight excluding hydrogens is 287 g/mol. The lowest BCUT2D eigenvalue weighted by atomic mass is 10.3. The van der Waals surface area contributed by atoms with E-state index in [1.807, 2.05) is 6.07 Å². The number of carbonyl (C=O) groups is 1. The molecule has 0 aliphatic rings. The van der Waals surface area contributed by atoms with Crippen molar-refractivity contribution in [3.05, 3.63) is 46.4 Å². The third-order valence-electron chi connectivity index (χ3n) is 2.23. The Morgan fingerprint density at radius 3 is 2.68 bits per heavy atom. The van der Waals surface area contributed by atoms with Crippen LogP contribution in [-0.4, -0.2) is 11.1 Å². The van der Waals surface area contributed by atoms with Crippen molar-refractivity contribution in [2.75, 3.05) is 0 Å². The predicted molar refractivity (Wildman–Crippen MR) is 72.5 cm³/mol. The second-order valence-electron chi connectivity index (χ2n) is 3.62. The van der Waals surface area contributed by atoms with Gasteiger partial charge in [0, 0.05) is 9.79 Å². The van der Waals surface area contributed by atoms with E-state index in [-0.39, 0.29) is 5.82 Å². The minimum atomic E-state index is -1.14. The SMILES string of the molecule is NC(=O)NC(O)c1sccc1Sc1ccc(F)cc1. The van der Waals surface area contributed by atoms with Gasteiger partial charge in [-0.25, -0.2) is 9.18 Å². The summed E-state index contributed by atoms with van der Waals surface area (Å²) in [5, 5.41) is 13.8. The number of hydrogen-bond acceptors (Lipinski definition) is 4. The van der Waals surface area contributed by atoms with Crippen molar-refractivity contribution in [3.63, 3.8) is 0 Å². The molecule has 1 aromatic carbocycles. The van der Waals surface area contributed by atoms with Gasteiger partial charge in [0.05, 0.1) is 4.88 Å². The first-order valence-corrected chi connectivity index (χ1v) is 7.00. The second-order valence-corrected chi connectivity index (χ2v) is 5.68. The Morgan fingerprint density at radius 1 is 1.37 bits per heavy atom. The number of hydrogen-bond donors (Lipinski definition) is 3. The predicted octanol–water partition coefficient (Wildman–Crippen LogP) is 2.70. The van der Waals surface area contributed by atoms with E-state index in [0.29, 0.717) is 4.88 Å². The maximum atomic E-state index is 12.8. The zero-order valence-electron chi connectivity index (χ0n) is 9.67. The number of thiophene rings is 1. The molecule has 100 valence electrons. The summed E-state index contributed by atoms with van der Waals surface area (Å²) in [6.45, 7) is 0. The first-order valence-electron chi connectivity index (χ1n) is 5.31. The largest absolute Gasteiger partial charge is 0.369 e. The molecule has 0 saturated heterocycles. The van der Waals surface area contributed by atoms with E-state index in [1.54, 1.807) is 17.5 Å². The Hall–Kier alpha value is -1.57. The van der Waals surface area contributed by atoms with Crippen molar-refractivity contribution < 1.29 is 14.3 Å². The molecule has 0 spiro atoms. The highest BCUT2D eigenvalue weighted by atomic mass is 32.2. The summed E-state index contributed by atoms with van der Waals surface area (Å²) in [6, 6.07) is 7.06. The van der Waals surface area contributed by atoms with Crippen LogP contribution in [0.1, 0.15) is 11.1 Å². The first-order chi connectivity index (χ1) is 9.06. The number of nitrogens with one attached hydrogen (secondary N) is 1. The molecule has 0 bridgehead atoms. The number of nitrogens with two attached hydrogens (primary N) is 1. The standard InChI is InChI=1S/C12H11FN2O2S2/c13-7-1-3-8(4-2-7)19-9-5-6-18-10(9)11(16)15-12(14)17/h1-6,11,16H,(H3,14,15,17). The molecule has 4 nitrogen and oxygen atoms in total. The highest BCUT2D eigenvalue weighted by molar-refractivity contribution is 7.99. The van der Waals surface area contributed by atoms with Gasteiger partial charge in [0.1, 0.15) is 5.82 Å². The van der Waals surface area contributed by atoms with Crippen molar-refractivity contribution in [2.24, 2.45) is 5.73 Å². The van der Waals surface area contributed by atoms with Crippen LogP contribution in [0.4, 0.5) is 9.18 Å². The average molecular weight is 298 g/mol. The molecule has 0 aliphatic carbocycles. The Kier molecular flexibility index (Phi) is 4.41. The molecule has 19 heavy (non-hydrogen) atoms. The third kappa shape index (κ3) is 3.69. The smallest absolute Gasteiger partial charge is 0.314 e. The molecule has 0 radical (unpaired) electrons. The number of primary amides is 1. The van der Waals surface area contributed by atoms with Crippen molar-refractivity contribution in [3.8, 4) is 0 Å². The van der Waals surface area contributed by atoms with Gasteiger partial charge in [0.15, 0.2) is 6.23 Å². The lowest BCUT2D eigenvalue weighted by molar-refractivity contribution is 0.146. The zero-order chi connectivity index (χ0) is 13.8. The van der Waals surface area contributed by atoms with E-state index in [9.17, 15) is 14.3 Å². The van der Waals surface area contributed by atoms with Gasteiger partial charge in [-0.3, -0.25) is 0 Å². The van der Waals surface area contributed by atoms with Gasteiger partial charge in [0.2, 0.25) is 0 Å². The quantitative estimate of drug-likeness (QED) is 0.760. The van der Waals surface area contributed by atoms with Crippen molar-refractivity contribution in [1.82, 2.24) is 5.32 Å². The van der Waals surface area contributed by atoms with Gasteiger partial charge in [-0.15, -0.1) is 11.3 Å². The number of carbonyl (C=O) groups excluding carboxylic acids is 1. The zero-order valence-corrected chi connectivity index (χ0v) is 11.3. The molecule has 7 heteroatoms. The van der Waals surface area contributed by atoms with Crippen LogP contribution in [0.3, 0.4) is 0 Å². The van der Waals surface area contributed by atoms with Crippen LogP contribution in [0.5, 0.6) is 0 Å². The molecule has 2 rings (SSSR count). The van der Waals surface area contributed by atoms with E-state index in [0.717, 1.165) is 9.79 Å². The number of benzene rings is 1. The molecule has 1 atom stereocenters. The number of halogens is 1. The highest BCUT2D eigenvalue weighted by Crippen LogP contribution is 2.36. The summed E-state index contributed by atoms with van der Waals surface area (Å²) in [7, 11) is 0. The number of urea groups is 1. The highest BCUT2D eigenvalue weighted by Gasteiger charge is 2.16. The number of aliphatic hydroxyl groups excluding tert-OH is 1. The normalized spacial score (nSPS) is 12.1. The van der Waals surface area contributed by atoms with Crippen LogP contribution in [0.15, 0.2) is 45.5 Å². The van der Waals surface area contributed by atoms with E-state index < -0.39 is 12.3 Å². The molecule has 2 aromatic rings. The van der Waals surface area contributed by atoms with Crippen molar-refractivity contribution >= 4 is 29.1 Å². The van der Waals surface area contributed by atoms with Gasteiger partial charge < -0.3 is 16.2 Å². The van der Waals surface area contributed by atoms with Gasteiger partial charge in [-0.1, -0.05) is 11.8 Å². The van der Waals surface area contributed by atoms with Crippen LogP contribution >= 0.6 is 23.1 Å². The topological polar surface area (TPSA) is 75.4 Å². The lowest BCUT2D eigenvalue weighted by Crippen LogP contribution is -2.32. The molecule has 1 heterocycles. The molecule has 0 fully saturated rings. The van der Waals surface area contributed by atoms with E-state index in [2.05, 4.69) is 5.32 Å². The fourth-order valence-corrected chi connectivity index (χ4v) is 3.38. The summed E-state index contributed by atoms with van der Waals surface area (Å²) in [6.07, 6.45) is -1.14. The van der Waals surface area contributed by atoms with Gasteiger partial charge in [-0.2, -0.15) is 0 Å². The van der Waals surface area contributed by atoms with E-state index >= 15 is 0 Å². The molecule has 0 aliphatic heterocycles. The number of aliphatic hydroxyl groups is 1. The van der Waals surface area contributed by atoms with Gasteiger partial charge in [0.25, 0.3) is 0 Å². The molecule has 1 unspecified atom stereocenters. The van der Waals surface area contributed by atoms with Crippen molar-refractivity contribution in [1.29, 1.82) is 0 Å². The van der Waals surface area contributed by atoms with Crippen molar-refractivity contribution in [2.45, 2.75) is 16.0 Å². The second kappa shape index (κ2) is 6.05. The molecule has 2 amide bonds. The minimum absolute atomic E-state index is 0.301. The fraction of sp³-hybridized carbons (Fsp3) is 0.0833. The number of rotatable bonds is 4. The van der Waals surface area contributed by atoms with Crippen LogP contribution < -0.4 is 11.1 Å². The minimum Gasteiger partial charge on any atom is -0.369 e. The maximum absolute atomic E-state index is 12.8. The molecule has 1 aromatic heterocycles. The Morgan fingerprint density at radius 2 is 2.05 bits per heavy atom. The molecular formula is C12H11FN2O2S2. The third-order valence-corrected chi connectivity index (χ3v) is 4.41. The first kappa shape index (κ1) is 13.9. The van der Waals surface area contributed by atoms with E-state index in [1.165, 1.54) is 35.2 Å². The van der Waals surface area contributed by atoms with Crippen LogP contribution in [0, 0.1) is 5.82 Å². The summed E-state index contributed by atoms with van der Waals surface area (Å²) in [5.74, 6) is -0.301. The average Bonchev–Trinajstić information content (AvgIpc) is 2.79. The molecule has 4 N–H and O–H groups in total. The lowest BCUT2D eigenvalue weighted by Gasteiger charge is -2.11. The van der Waals surface area contributed by atoms with Crippen LogP contribution in [0.2, 0.25) is 0 Å². The summed E-state index contributed by atoms with van der Waals surface area (Å²) in [4.78, 5) is 12.9. The summed E-state index contributed by atoms with van der Waals surface area (Å²) in [5.41, 5.74) is 4.96. The van der Waals surface area contributed by atoms with Crippen LogP contribution in [0.25, 0.3) is 0 Å². The van der Waals surface area contributed by atoms with Crippen LogP contribution in [-0.2, 0) is 0 Å².